The zero-order valence-corrected chi connectivity index (χ0v) is 11.3. The molecule has 0 amide bonds. The highest BCUT2D eigenvalue weighted by Gasteiger charge is 2.38. The molecule has 2 aliphatic heterocycles. The number of hydrogen-bond acceptors (Lipinski definition) is 4. The highest BCUT2D eigenvalue weighted by atomic mass is 16.5. The molecule has 2 N–H and O–H groups in total. The van der Waals surface area contributed by atoms with E-state index < -0.39 is 0 Å². The summed E-state index contributed by atoms with van der Waals surface area (Å²) in [5.74, 6) is 0.896. The van der Waals surface area contributed by atoms with E-state index in [4.69, 9.17) is 15.2 Å². The summed E-state index contributed by atoms with van der Waals surface area (Å²) in [6.45, 7) is 0.759. The molecule has 3 rings (SSSR count). The molecule has 0 spiro atoms. The monoisotopic (exact) mass is 265 g/mol. The predicted molar refractivity (Wildman–Crippen MR) is 71.4 cm³/mol. The number of carbonyl (C=O) groups excluding carboxylic acids is 1. The van der Waals surface area contributed by atoms with Crippen LogP contribution in [0.1, 0.15) is 38.5 Å². The standard InChI is InChI=1S/C15H23NO3/c16-9-10-1-3-12(4-2-10)19-15(17)8-11-7-13-5-6-14(11)18-13/h5-6,10-14H,1-4,7-9,16H2. The van der Waals surface area contributed by atoms with E-state index in [1.807, 2.05) is 0 Å². The summed E-state index contributed by atoms with van der Waals surface area (Å²) in [6.07, 6.45) is 10.3. The summed E-state index contributed by atoms with van der Waals surface area (Å²) in [4.78, 5) is 12.0. The lowest BCUT2D eigenvalue weighted by molar-refractivity contribution is -0.152. The van der Waals surface area contributed by atoms with Crippen molar-refractivity contribution >= 4 is 5.97 Å². The number of rotatable bonds is 4. The molecule has 19 heavy (non-hydrogen) atoms. The zero-order valence-electron chi connectivity index (χ0n) is 11.3. The first-order valence-electron chi connectivity index (χ1n) is 7.48. The number of ether oxygens (including phenoxy) is 2. The van der Waals surface area contributed by atoms with Crippen LogP contribution in [0.15, 0.2) is 12.2 Å². The van der Waals surface area contributed by atoms with Crippen LogP contribution in [0.5, 0.6) is 0 Å². The number of nitrogens with two attached hydrogens (primary N) is 1. The Kier molecular flexibility index (Phi) is 3.89. The van der Waals surface area contributed by atoms with Crippen LogP contribution in [0.2, 0.25) is 0 Å². The minimum absolute atomic E-state index is 0.0502. The Hall–Kier alpha value is -0.870. The quantitative estimate of drug-likeness (QED) is 0.622. The van der Waals surface area contributed by atoms with Gasteiger partial charge in [-0.05, 0) is 44.6 Å². The molecule has 106 valence electrons. The first-order chi connectivity index (χ1) is 9.24. The van der Waals surface area contributed by atoms with Crippen LogP contribution in [0.4, 0.5) is 0 Å². The molecule has 0 aromatic rings. The fraction of sp³-hybridized carbons (Fsp3) is 0.800. The van der Waals surface area contributed by atoms with E-state index in [-0.39, 0.29) is 24.3 Å². The van der Waals surface area contributed by atoms with Gasteiger partial charge in [0.15, 0.2) is 0 Å². The average molecular weight is 265 g/mol. The molecule has 2 heterocycles. The first kappa shape index (κ1) is 13.1. The van der Waals surface area contributed by atoms with Gasteiger partial charge in [-0.25, -0.2) is 0 Å². The molecule has 0 aromatic carbocycles. The van der Waals surface area contributed by atoms with Crippen LogP contribution >= 0.6 is 0 Å². The molecule has 3 aliphatic rings. The lowest BCUT2D eigenvalue weighted by Crippen LogP contribution is -2.29. The second-order valence-electron chi connectivity index (χ2n) is 6.09. The van der Waals surface area contributed by atoms with Gasteiger partial charge in [0.05, 0.1) is 18.6 Å². The second kappa shape index (κ2) is 5.63. The Balaban J connectivity index is 1.41. The van der Waals surface area contributed by atoms with Crippen molar-refractivity contribution in [2.45, 2.75) is 56.8 Å². The summed E-state index contributed by atoms with van der Waals surface area (Å²) < 4.78 is 11.3. The molecule has 2 fully saturated rings. The Morgan fingerprint density at radius 3 is 2.63 bits per heavy atom. The molecule has 3 atom stereocenters. The number of hydrogen-bond donors (Lipinski definition) is 1. The lowest BCUT2D eigenvalue weighted by Gasteiger charge is -2.28. The van der Waals surface area contributed by atoms with Gasteiger partial charge < -0.3 is 15.2 Å². The van der Waals surface area contributed by atoms with E-state index in [0.717, 1.165) is 38.6 Å². The van der Waals surface area contributed by atoms with Crippen molar-refractivity contribution in [1.29, 1.82) is 0 Å². The number of fused-ring (bicyclic) bond motifs is 2. The van der Waals surface area contributed by atoms with Gasteiger partial charge in [-0.15, -0.1) is 0 Å². The summed E-state index contributed by atoms with van der Waals surface area (Å²) in [7, 11) is 0. The molecule has 2 bridgehead atoms. The molecule has 4 nitrogen and oxygen atoms in total. The van der Waals surface area contributed by atoms with Gasteiger partial charge in [-0.2, -0.15) is 0 Å². The van der Waals surface area contributed by atoms with Crippen molar-refractivity contribution in [3.63, 3.8) is 0 Å². The zero-order chi connectivity index (χ0) is 13.2. The summed E-state index contributed by atoms with van der Waals surface area (Å²) in [5, 5.41) is 0. The molecular weight excluding hydrogens is 242 g/mol. The Morgan fingerprint density at radius 1 is 1.26 bits per heavy atom. The average Bonchev–Trinajstić information content (AvgIpc) is 3.02. The highest BCUT2D eigenvalue weighted by molar-refractivity contribution is 5.70. The molecule has 1 saturated carbocycles. The maximum atomic E-state index is 12.0. The lowest BCUT2D eigenvalue weighted by atomic mass is 9.87. The van der Waals surface area contributed by atoms with E-state index in [0.29, 0.717) is 18.3 Å². The van der Waals surface area contributed by atoms with Crippen LogP contribution in [0.25, 0.3) is 0 Å². The third-order valence-electron chi connectivity index (χ3n) is 4.70. The molecule has 1 aliphatic carbocycles. The van der Waals surface area contributed by atoms with Crippen LogP contribution in [0.3, 0.4) is 0 Å². The van der Waals surface area contributed by atoms with Gasteiger partial charge in [-0.3, -0.25) is 4.79 Å². The van der Waals surface area contributed by atoms with E-state index in [1.54, 1.807) is 0 Å². The molecule has 0 radical (unpaired) electrons. The van der Waals surface area contributed by atoms with Crippen molar-refractivity contribution in [3.8, 4) is 0 Å². The van der Waals surface area contributed by atoms with Gasteiger partial charge in [0, 0.05) is 5.92 Å². The third kappa shape index (κ3) is 3.00. The number of esters is 1. The van der Waals surface area contributed by atoms with Crippen LogP contribution in [-0.4, -0.2) is 30.8 Å². The Bertz CT molecular complexity index is 360. The largest absolute Gasteiger partial charge is 0.462 e. The molecule has 3 unspecified atom stereocenters. The van der Waals surface area contributed by atoms with Gasteiger partial charge in [0.1, 0.15) is 6.10 Å². The SMILES string of the molecule is NCC1CCC(OC(=O)CC2CC3C=CC2O3)CC1. The van der Waals surface area contributed by atoms with E-state index in [1.165, 1.54) is 0 Å². The Morgan fingerprint density at radius 2 is 2.05 bits per heavy atom. The fourth-order valence-corrected chi connectivity index (χ4v) is 3.49. The van der Waals surface area contributed by atoms with Gasteiger partial charge >= 0.3 is 5.97 Å². The minimum atomic E-state index is -0.0502. The van der Waals surface area contributed by atoms with Crippen molar-refractivity contribution in [3.05, 3.63) is 12.2 Å². The minimum Gasteiger partial charge on any atom is -0.462 e. The predicted octanol–water partition coefficient (Wildman–Crippen LogP) is 1.78. The van der Waals surface area contributed by atoms with Crippen LogP contribution < -0.4 is 5.73 Å². The second-order valence-corrected chi connectivity index (χ2v) is 6.09. The van der Waals surface area contributed by atoms with E-state index in [9.17, 15) is 4.79 Å². The van der Waals surface area contributed by atoms with Crippen LogP contribution in [0, 0.1) is 11.8 Å². The normalized spacial score (nSPS) is 40.6. The molecule has 0 aromatic heterocycles. The van der Waals surface area contributed by atoms with Crippen molar-refractivity contribution in [2.75, 3.05) is 6.54 Å². The summed E-state index contributed by atoms with van der Waals surface area (Å²) in [5.41, 5.74) is 5.67. The molecular formula is C15H23NO3. The highest BCUT2D eigenvalue weighted by Crippen LogP contribution is 2.36. The topological polar surface area (TPSA) is 61.5 Å². The molecule has 4 heteroatoms. The Labute approximate surface area is 114 Å². The first-order valence-corrected chi connectivity index (χ1v) is 7.48. The van der Waals surface area contributed by atoms with E-state index in [2.05, 4.69) is 12.2 Å². The van der Waals surface area contributed by atoms with Crippen molar-refractivity contribution in [2.24, 2.45) is 17.6 Å². The van der Waals surface area contributed by atoms with Crippen molar-refractivity contribution in [1.82, 2.24) is 0 Å². The van der Waals surface area contributed by atoms with Gasteiger partial charge in [0.2, 0.25) is 0 Å². The maximum Gasteiger partial charge on any atom is 0.306 e. The third-order valence-corrected chi connectivity index (χ3v) is 4.70. The fourth-order valence-electron chi connectivity index (χ4n) is 3.49. The summed E-state index contributed by atoms with van der Waals surface area (Å²) in [6, 6.07) is 0. The van der Waals surface area contributed by atoms with Crippen LogP contribution in [-0.2, 0) is 14.3 Å². The van der Waals surface area contributed by atoms with Gasteiger partial charge in [0.25, 0.3) is 0 Å². The van der Waals surface area contributed by atoms with Crippen molar-refractivity contribution < 1.29 is 14.3 Å². The summed E-state index contributed by atoms with van der Waals surface area (Å²) >= 11 is 0. The maximum absolute atomic E-state index is 12.0. The smallest absolute Gasteiger partial charge is 0.306 e. The van der Waals surface area contributed by atoms with E-state index >= 15 is 0 Å². The van der Waals surface area contributed by atoms with Gasteiger partial charge in [-0.1, -0.05) is 12.2 Å². The number of carbonyl (C=O) groups is 1. The molecule has 1 saturated heterocycles.